The molecule has 4 rings (SSSR count). The Labute approximate surface area is 184 Å². The molecule has 0 aliphatic rings. The first-order valence-electron chi connectivity index (χ1n) is 10.0. The van der Waals surface area contributed by atoms with Crippen LogP contribution in [0.3, 0.4) is 0 Å². The number of anilines is 2. The highest BCUT2D eigenvalue weighted by Crippen LogP contribution is 2.19. The van der Waals surface area contributed by atoms with E-state index in [0.717, 1.165) is 22.5 Å². The van der Waals surface area contributed by atoms with Gasteiger partial charge in [0.25, 0.3) is 0 Å². The summed E-state index contributed by atoms with van der Waals surface area (Å²) in [7, 11) is 0. The molecule has 0 aliphatic carbocycles. The fourth-order valence-electron chi connectivity index (χ4n) is 3.10. The van der Waals surface area contributed by atoms with Crippen molar-refractivity contribution in [3.63, 3.8) is 0 Å². The Bertz CT molecular complexity index is 1280. The van der Waals surface area contributed by atoms with E-state index in [2.05, 4.69) is 36.2 Å². The number of carbonyl (C=O) groups excluding carboxylic acids is 2. The zero-order valence-corrected chi connectivity index (χ0v) is 17.7. The summed E-state index contributed by atoms with van der Waals surface area (Å²) in [5.41, 5.74) is 4.57. The van der Waals surface area contributed by atoms with Crippen LogP contribution in [-0.4, -0.2) is 36.8 Å². The van der Waals surface area contributed by atoms with E-state index < -0.39 is 0 Å². The number of rotatable bonds is 7. The lowest BCUT2D eigenvalue weighted by Crippen LogP contribution is -2.19. The molecule has 0 saturated carbocycles. The molecule has 2 heterocycles. The van der Waals surface area contributed by atoms with Crippen LogP contribution in [0.5, 0.6) is 0 Å². The molecule has 162 valence electrons. The second kappa shape index (κ2) is 9.21. The summed E-state index contributed by atoms with van der Waals surface area (Å²) in [6.45, 7) is 3.83. The molecule has 0 aliphatic heterocycles. The number of hydrogen-bond donors (Lipinski definition) is 3. The van der Waals surface area contributed by atoms with Gasteiger partial charge in [0.05, 0.1) is 11.9 Å². The van der Waals surface area contributed by atoms with Gasteiger partial charge in [0.1, 0.15) is 0 Å². The van der Waals surface area contributed by atoms with Gasteiger partial charge in [0.2, 0.25) is 17.8 Å². The molecule has 0 radical (unpaired) electrons. The van der Waals surface area contributed by atoms with Crippen LogP contribution in [0.2, 0.25) is 0 Å². The summed E-state index contributed by atoms with van der Waals surface area (Å²) in [6, 6.07) is 15.3. The second-order valence-corrected chi connectivity index (χ2v) is 7.22. The normalized spacial score (nSPS) is 10.7. The average Bonchev–Trinajstić information content (AvgIpc) is 3.20. The minimum atomic E-state index is -0.0915. The number of benzene rings is 2. The van der Waals surface area contributed by atoms with Gasteiger partial charge in [0, 0.05) is 32.6 Å². The van der Waals surface area contributed by atoms with E-state index in [0.29, 0.717) is 30.2 Å². The van der Waals surface area contributed by atoms with Gasteiger partial charge in [-0.2, -0.15) is 9.67 Å². The molecule has 0 saturated heterocycles. The second-order valence-electron chi connectivity index (χ2n) is 7.22. The lowest BCUT2D eigenvalue weighted by molar-refractivity contribution is -0.120. The lowest BCUT2D eigenvalue weighted by atomic mass is 10.2. The summed E-state index contributed by atoms with van der Waals surface area (Å²) < 4.78 is 1.63. The molecule has 32 heavy (non-hydrogen) atoms. The lowest BCUT2D eigenvalue weighted by Gasteiger charge is -2.09. The van der Waals surface area contributed by atoms with Crippen molar-refractivity contribution in [3.05, 3.63) is 65.9 Å². The number of carbonyl (C=O) groups is 2. The van der Waals surface area contributed by atoms with Crippen LogP contribution in [0.15, 0.2) is 54.7 Å². The van der Waals surface area contributed by atoms with Crippen LogP contribution in [0.1, 0.15) is 25.0 Å². The molecular formula is C22H22N8O2. The highest BCUT2D eigenvalue weighted by molar-refractivity contribution is 5.74. The van der Waals surface area contributed by atoms with Crippen molar-refractivity contribution in [2.75, 3.05) is 5.32 Å². The van der Waals surface area contributed by atoms with Crippen LogP contribution in [0.25, 0.3) is 16.9 Å². The summed E-state index contributed by atoms with van der Waals surface area (Å²) in [5, 5.41) is 17.1. The third-order valence-corrected chi connectivity index (χ3v) is 4.61. The third-order valence-electron chi connectivity index (χ3n) is 4.61. The fourth-order valence-corrected chi connectivity index (χ4v) is 3.10. The topological polar surface area (TPSA) is 127 Å². The number of fused-ring (bicyclic) bond motifs is 1. The summed E-state index contributed by atoms with van der Waals surface area (Å²) in [4.78, 5) is 31.3. The van der Waals surface area contributed by atoms with E-state index in [-0.39, 0.29) is 11.8 Å². The number of aromatic nitrogens is 5. The maximum absolute atomic E-state index is 11.2. The predicted octanol–water partition coefficient (Wildman–Crippen LogP) is 2.23. The molecule has 2 amide bonds. The van der Waals surface area contributed by atoms with Gasteiger partial charge in [-0.3, -0.25) is 9.59 Å². The monoisotopic (exact) mass is 430 g/mol. The highest BCUT2D eigenvalue weighted by Gasteiger charge is 2.11. The summed E-state index contributed by atoms with van der Waals surface area (Å²) in [6.07, 6.45) is 1.61. The Morgan fingerprint density at radius 2 is 1.62 bits per heavy atom. The van der Waals surface area contributed by atoms with Gasteiger partial charge in [-0.1, -0.05) is 29.5 Å². The first kappa shape index (κ1) is 20.9. The SMILES string of the molecule is CC(=O)NCc1cccc(Nc2ncc3nnn(-c4cccc(CNC(C)=O)c4)c3n2)c1. The van der Waals surface area contributed by atoms with E-state index in [1.54, 1.807) is 10.9 Å². The van der Waals surface area contributed by atoms with Gasteiger partial charge in [-0.25, -0.2) is 4.98 Å². The Morgan fingerprint density at radius 1 is 0.938 bits per heavy atom. The van der Waals surface area contributed by atoms with Crippen LogP contribution in [0, 0.1) is 0 Å². The Balaban J connectivity index is 1.59. The first-order valence-corrected chi connectivity index (χ1v) is 10.0. The van der Waals surface area contributed by atoms with Crippen molar-refractivity contribution < 1.29 is 9.59 Å². The zero-order chi connectivity index (χ0) is 22.5. The van der Waals surface area contributed by atoms with Crippen LogP contribution in [-0.2, 0) is 22.7 Å². The molecule has 2 aromatic carbocycles. The highest BCUT2D eigenvalue weighted by atomic mass is 16.2. The minimum Gasteiger partial charge on any atom is -0.352 e. The van der Waals surface area contributed by atoms with E-state index in [4.69, 9.17) is 0 Å². The molecule has 4 aromatic rings. The first-order chi connectivity index (χ1) is 15.5. The summed E-state index contributed by atoms with van der Waals surface area (Å²) >= 11 is 0. The van der Waals surface area contributed by atoms with Crippen molar-refractivity contribution in [1.82, 2.24) is 35.6 Å². The zero-order valence-electron chi connectivity index (χ0n) is 17.7. The predicted molar refractivity (Wildman–Crippen MR) is 119 cm³/mol. The molecule has 0 fully saturated rings. The standard InChI is InChI=1S/C22H22N8O2/c1-14(31)23-11-16-5-3-7-18(9-16)26-22-25-13-20-21(27-22)30(29-28-20)19-8-4-6-17(10-19)12-24-15(2)32/h3-10,13H,11-12H2,1-2H3,(H,23,31)(H,24,32)(H,25,26,27). The molecule has 10 nitrogen and oxygen atoms in total. The van der Waals surface area contributed by atoms with E-state index in [1.807, 2.05) is 48.5 Å². The maximum Gasteiger partial charge on any atom is 0.229 e. The molecule has 2 aromatic heterocycles. The number of hydrogen-bond acceptors (Lipinski definition) is 7. The van der Waals surface area contributed by atoms with Crippen LogP contribution in [0.4, 0.5) is 11.6 Å². The maximum atomic E-state index is 11.2. The average molecular weight is 430 g/mol. The Hall–Kier alpha value is -4.34. The van der Waals surface area contributed by atoms with E-state index >= 15 is 0 Å². The van der Waals surface area contributed by atoms with Crippen molar-refractivity contribution in [2.45, 2.75) is 26.9 Å². The van der Waals surface area contributed by atoms with E-state index in [1.165, 1.54) is 13.8 Å². The van der Waals surface area contributed by atoms with Gasteiger partial charge in [0.15, 0.2) is 11.2 Å². The quantitative estimate of drug-likeness (QED) is 0.410. The van der Waals surface area contributed by atoms with Gasteiger partial charge < -0.3 is 16.0 Å². The Morgan fingerprint density at radius 3 is 2.34 bits per heavy atom. The van der Waals surface area contributed by atoms with Crippen LogP contribution < -0.4 is 16.0 Å². The van der Waals surface area contributed by atoms with Crippen molar-refractivity contribution in [2.24, 2.45) is 0 Å². The molecule has 0 unspecified atom stereocenters. The Kier molecular flexibility index (Phi) is 6.02. The molecule has 0 spiro atoms. The number of nitrogens with zero attached hydrogens (tertiary/aromatic N) is 5. The van der Waals surface area contributed by atoms with Crippen molar-refractivity contribution >= 4 is 34.6 Å². The van der Waals surface area contributed by atoms with E-state index in [9.17, 15) is 9.59 Å². The molecule has 0 atom stereocenters. The molecule has 3 N–H and O–H groups in total. The van der Waals surface area contributed by atoms with Crippen LogP contribution >= 0.6 is 0 Å². The summed E-state index contributed by atoms with van der Waals surface area (Å²) in [5.74, 6) is 0.220. The fraction of sp³-hybridized carbons (Fsp3) is 0.182. The van der Waals surface area contributed by atoms with Crippen molar-refractivity contribution in [3.8, 4) is 5.69 Å². The molecular weight excluding hydrogens is 408 g/mol. The molecule has 0 bridgehead atoms. The van der Waals surface area contributed by atoms with Crippen molar-refractivity contribution in [1.29, 1.82) is 0 Å². The minimum absolute atomic E-state index is 0.0842. The molecule has 10 heteroatoms. The largest absolute Gasteiger partial charge is 0.352 e. The third kappa shape index (κ3) is 5.04. The number of amides is 2. The van der Waals surface area contributed by atoms with Gasteiger partial charge in [-0.05, 0) is 35.4 Å². The van der Waals surface area contributed by atoms with Gasteiger partial charge >= 0.3 is 0 Å². The smallest absolute Gasteiger partial charge is 0.229 e. The van der Waals surface area contributed by atoms with Gasteiger partial charge in [-0.15, -0.1) is 5.10 Å². The number of nitrogens with one attached hydrogen (secondary N) is 3.